The maximum atomic E-state index is 12.5. The number of rotatable bonds is 4. The molecule has 7 heteroatoms. The number of hydrogen-bond donors (Lipinski definition) is 1. The number of carbonyl (C=O) groups is 1. The maximum absolute atomic E-state index is 12.5. The van der Waals surface area contributed by atoms with Gasteiger partial charge in [-0.3, -0.25) is 4.79 Å². The minimum absolute atomic E-state index is 0.128. The quantitative estimate of drug-likeness (QED) is 0.595. The van der Waals surface area contributed by atoms with Crippen LogP contribution >= 0.6 is 11.3 Å². The average molecular weight is 363 g/mol. The van der Waals surface area contributed by atoms with Crippen molar-refractivity contribution in [3.05, 3.63) is 65.5 Å². The fourth-order valence-electron chi connectivity index (χ4n) is 2.67. The van der Waals surface area contributed by atoms with Gasteiger partial charge in [0.25, 0.3) is 5.91 Å². The highest BCUT2D eigenvalue weighted by Crippen LogP contribution is 2.29. The summed E-state index contributed by atoms with van der Waals surface area (Å²) in [5, 5.41) is 16.7. The Kier molecular flexibility index (Phi) is 4.22. The van der Waals surface area contributed by atoms with E-state index in [2.05, 4.69) is 20.6 Å². The zero-order valence-corrected chi connectivity index (χ0v) is 15.2. The number of aromatic nitrogens is 4. The predicted octanol–water partition coefficient (Wildman–Crippen LogP) is 3.98. The summed E-state index contributed by atoms with van der Waals surface area (Å²) >= 11 is 1.48. The van der Waals surface area contributed by atoms with Crippen molar-refractivity contribution in [2.24, 2.45) is 0 Å². The van der Waals surface area contributed by atoms with Gasteiger partial charge in [-0.05, 0) is 30.7 Å². The van der Waals surface area contributed by atoms with Gasteiger partial charge in [-0.15, -0.1) is 10.2 Å². The highest BCUT2D eigenvalue weighted by Gasteiger charge is 2.14. The van der Waals surface area contributed by atoms with Crippen molar-refractivity contribution in [1.82, 2.24) is 19.8 Å². The summed E-state index contributed by atoms with van der Waals surface area (Å²) < 4.78 is 1.78. The van der Waals surface area contributed by atoms with Gasteiger partial charge >= 0.3 is 0 Å². The molecule has 0 aliphatic heterocycles. The molecule has 26 heavy (non-hydrogen) atoms. The standard InChI is InChI=1S/C19H17N5OS/c1-3-16-21-22-19-24(16)23-18(26-19)14-10-9-12(2)15(11-14)20-17(25)13-7-5-4-6-8-13/h4-11H,3H2,1-2H3,(H,20,25). The van der Waals surface area contributed by atoms with Crippen LogP contribution in [0, 0.1) is 6.92 Å². The highest BCUT2D eigenvalue weighted by molar-refractivity contribution is 7.19. The third-order valence-electron chi connectivity index (χ3n) is 4.14. The first-order valence-corrected chi connectivity index (χ1v) is 9.16. The molecule has 130 valence electrons. The smallest absolute Gasteiger partial charge is 0.255 e. The molecular formula is C19H17N5OS. The van der Waals surface area contributed by atoms with Crippen molar-refractivity contribution in [3.8, 4) is 10.6 Å². The SMILES string of the molecule is CCc1nnc2sc(-c3ccc(C)c(NC(=O)c4ccccc4)c3)nn12. The lowest BCUT2D eigenvalue weighted by Gasteiger charge is -2.10. The number of nitrogens with zero attached hydrogens (tertiary/aromatic N) is 4. The van der Waals surface area contributed by atoms with Crippen molar-refractivity contribution < 1.29 is 4.79 Å². The van der Waals surface area contributed by atoms with E-state index in [-0.39, 0.29) is 5.91 Å². The molecular weight excluding hydrogens is 346 g/mol. The van der Waals surface area contributed by atoms with E-state index in [9.17, 15) is 4.79 Å². The van der Waals surface area contributed by atoms with Gasteiger partial charge in [0, 0.05) is 23.2 Å². The second-order valence-electron chi connectivity index (χ2n) is 5.92. The monoisotopic (exact) mass is 363 g/mol. The molecule has 0 spiro atoms. The van der Waals surface area contributed by atoms with Crippen molar-refractivity contribution in [3.63, 3.8) is 0 Å². The molecule has 6 nitrogen and oxygen atoms in total. The molecule has 2 heterocycles. The molecule has 1 N–H and O–H groups in total. The van der Waals surface area contributed by atoms with E-state index in [0.717, 1.165) is 39.0 Å². The largest absolute Gasteiger partial charge is 0.322 e. The van der Waals surface area contributed by atoms with E-state index >= 15 is 0 Å². The molecule has 0 unspecified atom stereocenters. The Morgan fingerprint density at radius 1 is 1.15 bits per heavy atom. The summed E-state index contributed by atoms with van der Waals surface area (Å²) in [4.78, 5) is 13.2. The van der Waals surface area contributed by atoms with Gasteiger partial charge in [0.15, 0.2) is 5.82 Å². The Bertz CT molecular complexity index is 1080. The number of anilines is 1. The van der Waals surface area contributed by atoms with Crippen LogP contribution in [0.15, 0.2) is 48.5 Å². The van der Waals surface area contributed by atoms with Crippen LogP contribution in [0.1, 0.15) is 28.7 Å². The molecule has 0 bridgehead atoms. The van der Waals surface area contributed by atoms with Gasteiger partial charge < -0.3 is 5.32 Å². The second-order valence-corrected chi connectivity index (χ2v) is 6.88. The van der Waals surface area contributed by atoms with Crippen LogP contribution in [0.25, 0.3) is 15.5 Å². The molecule has 4 aromatic rings. The van der Waals surface area contributed by atoms with E-state index in [0.29, 0.717) is 5.56 Å². The van der Waals surface area contributed by atoms with E-state index in [1.165, 1.54) is 11.3 Å². The summed E-state index contributed by atoms with van der Waals surface area (Å²) in [5.41, 5.74) is 3.34. The van der Waals surface area contributed by atoms with Crippen LogP contribution in [0.3, 0.4) is 0 Å². The van der Waals surface area contributed by atoms with Crippen LogP contribution in [-0.4, -0.2) is 25.7 Å². The normalized spacial score (nSPS) is 11.0. The first-order chi connectivity index (χ1) is 12.7. The number of aryl methyl sites for hydroxylation is 2. The number of fused-ring (bicyclic) bond motifs is 1. The summed E-state index contributed by atoms with van der Waals surface area (Å²) in [7, 11) is 0. The fourth-order valence-corrected chi connectivity index (χ4v) is 3.52. The molecule has 2 aromatic heterocycles. The molecule has 0 radical (unpaired) electrons. The van der Waals surface area contributed by atoms with Crippen LogP contribution < -0.4 is 5.32 Å². The minimum Gasteiger partial charge on any atom is -0.322 e. The van der Waals surface area contributed by atoms with Gasteiger partial charge in [-0.1, -0.05) is 48.6 Å². The highest BCUT2D eigenvalue weighted by atomic mass is 32.1. The average Bonchev–Trinajstić information content (AvgIpc) is 3.24. The predicted molar refractivity (Wildman–Crippen MR) is 103 cm³/mol. The maximum Gasteiger partial charge on any atom is 0.255 e. The molecule has 2 aromatic carbocycles. The topological polar surface area (TPSA) is 72.2 Å². The molecule has 0 atom stereocenters. The lowest BCUT2D eigenvalue weighted by atomic mass is 10.1. The van der Waals surface area contributed by atoms with E-state index < -0.39 is 0 Å². The van der Waals surface area contributed by atoms with Gasteiger partial charge in [0.2, 0.25) is 4.96 Å². The first-order valence-electron chi connectivity index (χ1n) is 8.34. The number of carbonyl (C=O) groups excluding carboxylic acids is 1. The van der Waals surface area contributed by atoms with E-state index in [1.807, 2.05) is 50.2 Å². The van der Waals surface area contributed by atoms with Crippen molar-refractivity contribution in [2.75, 3.05) is 5.32 Å². The van der Waals surface area contributed by atoms with Crippen molar-refractivity contribution in [1.29, 1.82) is 0 Å². The number of benzene rings is 2. The Morgan fingerprint density at radius 3 is 2.73 bits per heavy atom. The summed E-state index contributed by atoms with van der Waals surface area (Å²) in [6.45, 7) is 4.00. The van der Waals surface area contributed by atoms with Crippen LogP contribution in [0.2, 0.25) is 0 Å². The first kappa shape index (κ1) is 16.4. The van der Waals surface area contributed by atoms with Crippen LogP contribution in [0.4, 0.5) is 5.69 Å². The zero-order chi connectivity index (χ0) is 18.1. The molecule has 0 saturated carbocycles. The van der Waals surface area contributed by atoms with Crippen molar-refractivity contribution >= 4 is 27.9 Å². The number of nitrogens with one attached hydrogen (secondary N) is 1. The summed E-state index contributed by atoms with van der Waals surface area (Å²) in [6, 6.07) is 15.1. The molecule has 1 amide bonds. The third kappa shape index (κ3) is 2.97. The Morgan fingerprint density at radius 2 is 1.96 bits per heavy atom. The van der Waals surface area contributed by atoms with Crippen LogP contribution in [0.5, 0.6) is 0 Å². The second kappa shape index (κ2) is 6.68. The van der Waals surface area contributed by atoms with Crippen LogP contribution in [-0.2, 0) is 6.42 Å². The Balaban J connectivity index is 1.67. The van der Waals surface area contributed by atoms with Gasteiger partial charge in [0.1, 0.15) is 5.01 Å². The Labute approximate surface area is 154 Å². The molecule has 4 rings (SSSR count). The number of amides is 1. The summed E-state index contributed by atoms with van der Waals surface area (Å²) in [5.74, 6) is 0.712. The molecule has 0 saturated heterocycles. The van der Waals surface area contributed by atoms with Gasteiger partial charge in [0.05, 0.1) is 0 Å². The van der Waals surface area contributed by atoms with E-state index in [1.54, 1.807) is 16.6 Å². The molecule has 0 aliphatic carbocycles. The fraction of sp³-hybridized carbons (Fsp3) is 0.158. The van der Waals surface area contributed by atoms with Gasteiger partial charge in [-0.25, -0.2) is 0 Å². The Hall–Kier alpha value is -3.06. The minimum atomic E-state index is -0.128. The lowest BCUT2D eigenvalue weighted by molar-refractivity contribution is 0.102. The van der Waals surface area contributed by atoms with E-state index in [4.69, 9.17) is 0 Å². The van der Waals surface area contributed by atoms with Crippen molar-refractivity contribution in [2.45, 2.75) is 20.3 Å². The zero-order valence-electron chi connectivity index (χ0n) is 14.4. The molecule has 0 fully saturated rings. The summed E-state index contributed by atoms with van der Waals surface area (Å²) in [6.07, 6.45) is 0.774. The van der Waals surface area contributed by atoms with Gasteiger partial charge in [-0.2, -0.15) is 9.61 Å². The number of hydrogen-bond acceptors (Lipinski definition) is 5. The lowest BCUT2D eigenvalue weighted by Crippen LogP contribution is -2.12. The molecule has 0 aliphatic rings. The third-order valence-corrected chi connectivity index (χ3v) is 5.09.